The SMILES string of the molecule is CC(C)CC(=O)OC1CN(C(=O)c2ccc(CS(=O)(=O)c3cccc4cccnc34)cc2)C1. The van der Waals surface area contributed by atoms with E-state index >= 15 is 0 Å². The van der Waals surface area contributed by atoms with Crippen LogP contribution in [-0.4, -0.2) is 49.4 Å². The summed E-state index contributed by atoms with van der Waals surface area (Å²) in [6.07, 6.45) is 1.68. The monoisotopic (exact) mass is 466 g/mol. The Kier molecular flexibility index (Phi) is 6.47. The van der Waals surface area contributed by atoms with Crippen molar-refractivity contribution in [1.29, 1.82) is 0 Å². The summed E-state index contributed by atoms with van der Waals surface area (Å²) in [6.45, 7) is 4.64. The normalized spacial score (nSPS) is 14.3. The minimum atomic E-state index is -3.62. The molecule has 1 saturated heterocycles. The molecule has 7 nitrogen and oxygen atoms in total. The van der Waals surface area contributed by atoms with Gasteiger partial charge in [0.15, 0.2) is 9.84 Å². The zero-order valence-electron chi connectivity index (χ0n) is 18.6. The van der Waals surface area contributed by atoms with Gasteiger partial charge >= 0.3 is 5.97 Å². The maximum absolute atomic E-state index is 13.0. The van der Waals surface area contributed by atoms with Gasteiger partial charge in [0, 0.05) is 23.6 Å². The summed E-state index contributed by atoms with van der Waals surface area (Å²) in [5.41, 5.74) is 1.51. The van der Waals surface area contributed by atoms with Gasteiger partial charge in [-0.1, -0.05) is 44.2 Å². The average molecular weight is 467 g/mol. The van der Waals surface area contributed by atoms with E-state index in [4.69, 9.17) is 4.74 Å². The number of carbonyl (C=O) groups is 2. The number of esters is 1. The molecule has 1 amide bonds. The molecule has 0 unspecified atom stereocenters. The van der Waals surface area contributed by atoms with Gasteiger partial charge in [-0.25, -0.2) is 8.42 Å². The number of likely N-dealkylation sites (tertiary alicyclic amines) is 1. The first-order chi connectivity index (χ1) is 15.7. The lowest BCUT2D eigenvalue weighted by molar-refractivity contribution is -0.156. The molecule has 2 aromatic carbocycles. The fourth-order valence-electron chi connectivity index (χ4n) is 3.80. The summed E-state index contributed by atoms with van der Waals surface area (Å²) in [7, 11) is -3.62. The number of pyridine rings is 1. The predicted octanol–water partition coefficient (Wildman–Crippen LogP) is 3.62. The van der Waals surface area contributed by atoms with Crippen LogP contribution >= 0.6 is 0 Å². The average Bonchev–Trinajstić information content (AvgIpc) is 2.75. The van der Waals surface area contributed by atoms with Gasteiger partial charge in [-0.05, 0) is 35.7 Å². The van der Waals surface area contributed by atoms with Crippen LogP contribution in [0.5, 0.6) is 0 Å². The predicted molar refractivity (Wildman–Crippen MR) is 124 cm³/mol. The lowest BCUT2D eigenvalue weighted by Gasteiger charge is -2.38. The van der Waals surface area contributed by atoms with Crippen molar-refractivity contribution in [2.24, 2.45) is 5.92 Å². The Morgan fingerprint density at radius 1 is 1.06 bits per heavy atom. The molecule has 172 valence electrons. The summed E-state index contributed by atoms with van der Waals surface area (Å²) < 4.78 is 31.4. The van der Waals surface area contributed by atoms with Crippen LogP contribution in [0.3, 0.4) is 0 Å². The van der Waals surface area contributed by atoms with Crippen LogP contribution in [0.2, 0.25) is 0 Å². The van der Waals surface area contributed by atoms with E-state index in [9.17, 15) is 18.0 Å². The third-order valence-electron chi connectivity index (χ3n) is 5.50. The second-order valence-corrected chi connectivity index (χ2v) is 10.7. The van der Waals surface area contributed by atoms with E-state index in [2.05, 4.69) is 4.98 Å². The van der Waals surface area contributed by atoms with Crippen LogP contribution in [0.25, 0.3) is 10.9 Å². The lowest BCUT2D eigenvalue weighted by atomic mass is 10.1. The lowest BCUT2D eigenvalue weighted by Crippen LogP contribution is -2.55. The number of hydrogen-bond acceptors (Lipinski definition) is 6. The first kappa shape index (κ1) is 22.9. The van der Waals surface area contributed by atoms with Crippen LogP contribution < -0.4 is 0 Å². The van der Waals surface area contributed by atoms with Crippen LogP contribution in [0, 0.1) is 5.92 Å². The van der Waals surface area contributed by atoms with Gasteiger partial charge < -0.3 is 9.64 Å². The van der Waals surface area contributed by atoms with Crippen LogP contribution in [0.4, 0.5) is 0 Å². The number of hydrogen-bond donors (Lipinski definition) is 0. The van der Waals surface area contributed by atoms with Gasteiger partial charge in [-0.3, -0.25) is 14.6 Å². The molecule has 4 rings (SSSR count). The molecule has 1 aliphatic heterocycles. The van der Waals surface area contributed by atoms with Crippen molar-refractivity contribution in [3.8, 4) is 0 Å². The smallest absolute Gasteiger partial charge is 0.306 e. The van der Waals surface area contributed by atoms with E-state index in [0.717, 1.165) is 5.39 Å². The summed E-state index contributed by atoms with van der Waals surface area (Å²) in [4.78, 5) is 30.5. The molecule has 2 heterocycles. The zero-order chi connectivity index (χ0) is 23.6. The molecule has 0 N–H and O–H groups in total. The van der Waals surface area contributed by atoms with Crippen molar-refractivity contribution in [3.63, 3.8) is 0 Å². The number of benzene rings is 2. The Balaban J connectivity index is 1.39. The van der Waals surface area contributed by atoms with Crippen molar-refractivity contribution in [2.45, 2.75) is 37.0 Å². The van der Waals surface area contributed by atoms with E-state index in [1.165, 1.54) is 0 Å². The molecule has 1 fully saturated rings. The van der Waals surface area contributed by atoms with Crippen LogP contribution in [-0.2, 0) is 25.1 Å². The molecular formula is C25H26N2O5S. The van der Waals surface area contributed by atoms with Crippen molar-refractivity contribution >= 4 is 32.6 Å². The van der Waals surface area contributed by atoms with Crippen molar-refractivity contribution in [1.82, 2.24) is 9.88 Å². The molecule has 1 aromatic heterocycles. The second-order valence-electron chi connectivity index (χ2n) is 8.71. The molecule has 8 heteroatoms. The van der Waals surface area contributed by atoms with Crippen molar-refractivity contribution in [3.05, 3.63) is 71.9 Å². The minimum absolute atomic E-state index is 0.168. The molecule has 0 spiro atoms. The van der Waals surface area contributed by atoms with Gasteiger partial charge in [0.05, 0.1) is 29.3 Å². The number of carbonyl (C=O) groups excluding carboxylic acids is 2. The quantitative estimate of drug-likeness (QED) is 0.494. The summed E-state index contributed by atoms with van der Waals surface area (Å²) in [5.74, 6) is -0.364. The first-order valence-electron chi connectivity index (χ1n) is 10.9. The van der Waals surface area contributed by atoms with E-state index < -0.39 is 9.84 Å². The summed E-state index contributed by atoms with van der Waals surface area (Å²) in [5, 5.41) is 0.766. The van der Waals surface area contributed by atoms with Gasteiger partial charge in [0.25, 0.3) is 5.91 Å². The van der Waals surface area contributed by atoms with E-state index in [0.29, 0.717) is 36.2 Å². The van der Waals surface area contributed by atoms with Crippen molar-refractivity contribution in [2.75, 3.05) is 13.1 Å². The largest absolute Gasteiger partial charge is 0.459 e. The maximum Gasteiger partial charge on any atom is 0.306 e. The zero-order valence-corrected chi connectivity index (χ0v) is 19.4. The minimum Gasteiger partial charge on any atom is -0.459 e. The third-order valence-corrected chi connectivity index (χ3v) is 7.21. The van der Waals surface area contributed by atoms with Crippen LogP contribution in [0.1, 0.15) is 36.2 Å². The topological polar surface area (TPSA) is 93.6 Å². The van der Waals surface area contributed by atoms with Crippen LogP contribution in [0.15, 0.2) is 65.7 Å². The standard InChI is InChI=1S/C25H26N2O5S/c1-17(2)13-23(28)32-21-14-27(15-21)25(29)20-10-8-18(9-11-20)16-33(30,31)22-7-3-5-19-6-4-12-26-24(19)22/h3-12,17,21H,13-16H2,1-2H3. The Morgan fingerprint density at radius 2 is 1.76 bits per heavy atom. The van der Waals surface area contributed by atoms with E-state index in [1.807, 2.05) is 26.0 Å². The van der Waals surface area contributed by atoms with Gasteiger partial charge in [0.1, 0.15) is 6.10 Å². The number of rotatable bonds is 7. The molecule has 0 saturated carbocycles. The highest BCUT2D eigenvalue weighted by Crippen LogP contribution is 2.25. The van der Waals surface area contributed by atoms with E-state index in [-0.39, 0.29) is 34.5 Å². The highest BCUT2D eigenvalue weighted by Gasteiger charge is 2.34. The number of fused-ring (bicyclic) bond motifs is 1. The number of aromatic nitrogens is 1. The van der Waals surface area contributed by atoms with Crippen molar-refractivity contribution < 1.29 is 22.7 Å². The van der Waals surface area contributed by atoms with Gasteiger partial charge in [-0.2, -0.15) is 0 Å². The number of sulfone groups is 1. The second kappa shape index (κ2) is 9.31. The molecule has 0 bridgehead atoms. The van der Waals surface area contributed by atoms with Gasteiger partial charge in [-0.15, -0.1) is 0 Å². The Hall–Kier alpha value is -3.26. The number of para-hydroxylation sites is 1. The number of nitrogens with zero attached hydrogens (tertiary/aromatic N) is 2. The molecule has 0 atom stereocenters. The molecule has 33 heavy (non-hydrogen) atoms. The summed E-state index contributed by atoms with van der Waals surface area (Å²) >= 11 is 0. The fourth-order valence-corrected chi connectivity index (χ4v) is 5.33. The molecule has 3 aromatic rings. The molecule has 1 aliphatic rings. The Morgan fingerprint density at radius 3 is 2.45 bits per heavy atom. The maximum atomic E-state index is 13.0. The van der Waals surface area contributed by atoms with E-state index in [1.54, 1.807) is 53.6 Å². The highest BCUT2D eigenvalue weighted by atomic mass is 32.2. The number of amides is 1. The molecule has 0 aliphatic carbocycles. The number of ether oxygens (including phenoxy) is 1. The fraction of sp³-hybridized carbons (Fsp3) is 0.320. The third kappa shape index (κ3) is 5.22. The molecular weight excluding hydrogens is 440 g/mol. The first-order valence-corrected chi connectivity index (χ1v) is 12.5. The van der Waals surface area contributed by atoms with Gasteiger partial charge in [0.2, 0.25) is 0 Å². The summed E-state index contributed by atoms with van der Waals surface area (Å²) in [6, 6.07) is 15.3. The molecule has 0 radical (unpaired) electrons. The highest BCUT2D eigenvalue weighted by molar-refractivity contribution is 7.90. The Labute approximate surface area is 193 Å². The Bertz CT molecular complexity index is 1270.